The molecule has 1 amide bonds. The quantitative estimate of drug-likeness (QED) is 0.464. The van der Waals surface area contributed by atoms with E-state index in [4.69, 9.17) is 0 Å². The van der Waals surface area contributed by atoms with E-state index in [1.54, 1.807) is 11.6 Å². The fourth-order valence-electron chi connectivity index (χ4n) is 4.78. The van der Waals surface area contributed by atoms with Crippen LogP contribution in [0.2, 0.25) is 0 Å². The van der Waals surface area contributed by atoms with E-state index in [1.807, 2.05) is 13.8 Å². The molecule has 0 radical (unpaired) electrons. The van der Waals surface area contributed by atoms with Crippen molar-refractivity contribution < 1.29 is 36.2 Å². The minimum absolute atomic E-state index is 0.0630. The van der Waals surface area contributed by atoms with E-state index in [1.165, 1.54) is 12.3 Å². The number of amides is 1. The van der Waals surface area contributed by atoms with Crippen LogP contribution in [0.15, 0.2) is 18.5 Å². The fraction of sp³-hybridized carbons (Fsp3) is 0.591. The molecular weight excluding hydrogens is 492 g/mol. The number of fused-ring (bicyclic) bond motifs is 1. The second-order valence-corrected chi connectivity index (χ2v) is 11.9. The van der Waals surface area contributed by atoms with E-state index < -0.39 is 34.4 Å². The Bertz CT molecular complexity index is 1120. The number of hydrogen-bond donors (Lipinski definition) is 3. The molecule has 1 aliphatic carbocycles. The summed E-state index contributed by atoms with van der Waals surface area (Å²) >= 11 is 0. The number of carbonyl (C=O) groups excluding carboxylic acids is 1. The second-order valence-electron chi connectivity index (χ2n) is 9.77. The van der Waals surface area contributed by atoms with Crippen molar-refractivity contribution in [2.24, 2.45) is 5.92 Å². The molecule has 2 aromatic rings. The van der Waals surface area contributed by atoms with Crippen LogP contribution in [0.1, 0.15) is 44.5 Å². The van der Waals surface area contributed by atoms with E-state index in [-0.39, 0.29) is 29.4 Å². The Kier molecular flexibility index (Phi) is 6.56. The number of rotatable bonds is 7. The molecular formula is C22H28F4N4O4S. The number of nitrogens with one attached hydrogen (secondary N) is 1. The number of hydrogen-bond acceptors (Lipinski definition) is 6. The van der Waals surface area contributed by atoms with E-state index in [0.29, 0.717) is 30.5 Å². The van der Waals surface area contributed by atoms with Crippen LogP contribution < -0.4 is 10.1 Å². The van der Waals surface area contributed by atoms with Gasteiger partial charge in [-0.3, -0.25) is 23.6 Å². The maximum atomic E-state index is 13.4. The highest BCUT2D eigenvalue weighted by Crippen LogP contribution is 2.54. The SMILES string of the molecule is CC(C)n1nc(-c2cncc(OC(F)(F)C(F)F)c2)c2c1CC(C(=O)NC1(C)CS(O)(O)C1)CC2. The molecule has 2 aromatic heterocycles. The Morgan fingerprint density at radius 3 is 2.60 bits per heavy atom. The lowest BCUT2D eigenvalue weighted by Gasteiger charge is -2.54. The lowest BCUT2D eigenvalue weighted by Crippen LogP contribution is -2.62. The Morgan fingerprint density at radius 1 is 1.31 bits per heavy atom. The van der Waals surface area contributed by atoms with Crippen LogP contribution in [-0.4, -0.2) is 59.4 Å². The van der Waals surface area contributed by atoms with Gasteiger partial charge in [-0.15, -0.1) is 0 Å². The molecule has 3 heterocycles. The zero-order chi connectivity index (χ0) is 25.8. The molecule has 2 aliphatic rings. The Hall–Kier alpha value is -2.38. The summed E-state index contributed by atoms with van der Waals surface area (Å²) in [7, 11) is -2.61. The number of ether oxygens (including phenoxy) is 1. The third-order valence-electron chi connectivity index (χ3n) is 6.18. The fourth-order valence-corrected chi connectivity index (χ4v) is 6.88. The van der Waals surface area contributed by atoms with Crippen molar-refractivity contribution in [2.75, 3.05) is 11.5 Å². The van der Waals surface area contributed by atoms with Gasteiger partial charge in [-0.25, -0.2) is 0 Å². The van der Waals surface area contributed by atoms with Gasteiger partial charge in [-0.05, 0) is 39.7 Å². The topological polar surface area (TPSA) is 110 Å². The molecule has 0 bridgehead atoms. The first kappa shape index (κ1) is 25.7. The second kappa shape index (κ2) is 8.93. The molecule has 13 heteroatoms. The van der Waals surface area contributed by atoms with Gasteiger partial charge in [-0.2, -0.15) is 33.3 Å². The number of nitrogens with zero attached hydrogens (tertiary/aromatic N) is 3. The number of alkyl halides is 4. The highest BCUT2D eigenvalue weighted by Gasteiger charge is 2.47. The van der Waals surface area contributed by atoms with Crippen molar-refractivity contribution in [1.82, 2.24) is 20.1 Å². The van der Waals surface area contributed by atoms with Crippen LogP contribution in [0.3, 0.4) is 0 Å². The number of pyridine rings is 1. The third-order valence-corrected chi connectivity index (χ3v) is 8.38. The number of aromatic nitrogens is 3. The average molecular weight is 521 g/mol. The maximum Gasteiger partial charge on any atom is 0.461 e. The van der Waals surface area contributed by atoms with Gasteiger partial charge in [0.2, 0.25) is 5.91 Å². The molecule has 0 saturated carbocycles. The van der Waals surface area contributed by atoms with Crippen LogP contribution in [0.5, 0.6) is 5.75 Å². The van der Waals surface area contributed by atoms with E-state index in [0.717, 1.165) is 17.5 Å². The van der Waals surface area contributed by atoms with Crippen molar-refractivity contribution in [3.05, 3.63) is 29.7 Å². The van der Waals surface area contributed by atoms with E-state index in [2.05, 4.69) is 20.1 Å². The average Bonchev–Trinajstić information content (AvgIpc) is 3.11. The smallest absolute Gasteiger partial charge is 0.427 e. The van der Waals surface area contributed by atoms with Gasteiger partial charge >= 0.3 is 12.5 Å². The normalized spacial score (nSPS) is 21.9. The van der Waals surface area contributed by atoms with Crippen molar-refractivity contribution in [3.8, 4) is 17.0 Å². The summed E-state index contributed by atoms with van der Waals surface area (Å²) in [4.78, 5) is 16.8. The molecule has 1 fully saturated rings. The molecule has 1 atom stereocenters. The predicted octanol–water partition coefficient (Wildman–Crippen LogP) is 4.51. The van der Waals surface area contributed by atoms with Gasteiger partial charge in [0.05, 0.1) is 28.9 Å². The Morgan fingerprint density at radius 2 is 2.00 bits per heavy atom. The van der Waals surface area contributed by atoms with Crippen molar-refractivity contribution in [3.63, 3.8) is 0 Å². The third kappa shape index (κ3) is 5.26. The maximum absolute atomic E-state index is 13.4. The zero-order valence-corrected chi connectivity index (χ0v) is 20.3. The molecule has 1 saturated heterocycles. The largest absolute Gasteiger partial charge is 0.461 e. The summed E-state index contributed by atoms with van der Waals surface area (Å²) in [6, 6.07) is 1.14. The predicted molar refractivity (Wildman–Crippen MR) is 122 cm³/mol. The monoisotopic (exact) mass is 520 g/mol. The summed E-state index contributed by atoms with van der Waals surface area (Å²) in [6.07, 6.45) is -4.92. The van der Waals surface area contributed by atoms with Crippen LogP contribution in [0.25, 0.3) is 11.3 Å². The van der Waals surface area contributed by atoms with Crippen LogP contribution in [0, 0.1) is 5.92 Å². The molecule has 3 N–H and O–H groups in total. The standard InChI is InChI=1S/C22H28F4N4O4S/c1-12(2)30-17-7-13(19(31)28-21(3)10-35(32,33)11-21)4-5-16(17)18(29-30)14-6-15(9-27-8-14)34-22(25,26)20(23)24/h6,8-9,12-13,20,32-33H,4-5,7,10-11H2,1-3H3,(H,28,31). The molecule has 1 aliphatic heterocycles. The highest BCUT2D eigenvalue weighted by atomic mass is 32.3. The minimum atomic E-state index is -4.65. The molecule has 0 spiro atoms. The molecule has 8 nitrogen and oxygen atoms in total. The van der Waals surface area contributed by atoms with Crippen molar-refractivity contribution in [1.29, 1.82) is 0 Å². The Labute approximate surface area is 201 Å². The molecule has 4 rings (SSSR count). The zero-order valence-electron chi connectivity index (χ0n) is 19.5. The van der Waals surface area contributed by atoms with Gasteiger partial charge in [0, 0.05) is 41.4 Å². The van der Waals surface area contributed by atoms with Gasteiger partial charge in [0.1, 0.15) is 5.75 Å². The van der Waals surface area contributed by atoms with Crippen LogP contribution in [-0.2, 0) is 17.6 Å². The Balaban J connectivity index is 1.58. The van der Waals surface area contributed by atoms with Gasteiger partial charge in [-0.1, -0.05) is 0 Å². The first-order valence-electron chi connectivity index (χ1n) is 11.2. The van der Waals surface area contributed by atoms with Gasteiger partial charge in [0.25, 0.3) is 0 Å². The first-order chi connectivity index (χ1) is 16.2. The van der Waals surface area contributed by atoms with E-state index >= 15 is 0 Å². The van der Waals surface area contributed by atoms with Crippen LogP contribution in [0.4, 0.5) is 17.6 Å². The summed E-state index contributed by atoms with van der Waals surface area (Å²) in [5.74, 6) is -0.756. The van der Waals surface area contributed by atoms with E-state index in [9.17, 15) is 31.5 Å². The summed E-state index contributed by atoms with van der Waals surface area (Å²) in [6.45, 7) is 5.62. The lowest BCUT2D eigenvalue weighted by atomic mass is 9.84. The summed E-state index contributed by atoms with van der Waals surface area (Å²) in [5, 5.41) is 7.59. The first-order valence-corrected chi connectivity index (χ1v) is 13.0. The summed E-state index contributed by atoms with van der Waals surface area (Å²) < 4.78 is 77.2. The van der Waals surface area contributed by atoms with Gasteiger partial charge < -0.3 is 10.1 Å². The number of halogens is 4. The molecule has 35 heavy (non-hydrogen) atoms. The lowest BCUT2D eigenvalue weighted by molar-refractivity contribution is -0.253. The minimum Gasteiger partial charge on any atom is -0.427 e. The van der Waals surface area contributed by atoms with Crippen molar-refractivity contribution >= 4 is 16.5 Å². The van der Waals surface area contributed by atoms with Crippen molar-refractivity contribution in [2.45, 2.75) is 64.1 Å². The molecule has 1 unspecified atom stereocenters. The van der Waals surface area contributed by atoms with Crippen LogP contribution >= 0.6 is 10.6 Å². The number of carbonyl (C=O) groups is 1. The molecule has 194 valence electrons. The molecule has 0 aromatic carbocycles. The van der Waals surface area contributed by atoms with Gasteiger partial charge in [0.15, 0.2) is 0 Å². The summed E-state index contributed by atoms with van der Waals surface area (Å²) in [5.41, 5.74) is 1.84. The highest BCUT2D eigenvalue weighted by molar-refractivity contribution is 8.25.